The lowest BCUT2D eigenvalue weighted by molar-refractivity contribution is 0.0936. The Kier molecular flexibility index (Phi) is 3.79. The Morgan fingerprint density at radius 1 is 1.48 bits per heavy atom. The predicted octanol–water partition coefficient (Wildman–Crippen LogP) is 0.193. The zero-order chi connectivity index (χ0) is 15.7. The number of nitrogens with one attached hydrogen (secondary N) is 2. The van der Waals surface area contributed by atoms with Crippen molar-refractivity contribution in [2.45, 2.75) is 26.8 Å². The Morgan fingerprint density at radius 3 is 2.71 bits per heavy atom. The Bertz CT molecular complexity index is 746. The van der Waals surface area contributed by atoms with E-state index in [-0.39, 0.29) is 17.1 Å². The molecule has 0 aliphatic carbocycles. The molecule has 1 atom stereocenters. The van der Waals surface area contributed by atoms with Crippen LogP contribution in [0.5, 0.6) is 0 Å². The van der Waals surface area contributed by atoms with Crippen molar-refractivity contribution in [1.29, 1.82) is 0 Å². The fourth-order valence-corrected chi connectivity index (χ4v) is 1.97. The van der Waals surface area contributed by atoms with E-state index >= 15 is 0 Å². The SMILES string of the molecule is Cc1cc(C(=O)N[C@@H](C)c2nc(N)n[nH]2)c(=O)n(C)c1C. The molecular weight excluding hydrogens is 272 g/mol. The molecule has 112 valence electrons. The summed E-state index contributed by atoms with van der Waals surface area (Å²) in [6, 6.07) is 1.16. The van der Waals surface area contributed by atoms with Crippen LogP contribution in [-0.4, -0.2) is 25.7 Å². The summed E-state index contributed by atoms with van der Waals surface area (Å²) in [6.45, 7) is 5.41. The van der Waals surface area contributed by atoms with Gasteiger partial charge in [0.2, 0.25) is 5.95 Å². The summed E-state index contributed by atoms with van der Waals surface area (Å²) >= 11 is 0. The third-order valence-corrected chi connectivity index (χ3v) is 3.49. The number of carbonyl (C=O) groups is 1. The number of hydrogen-bond acceptors (Lipinski definition) is 5. The average Bonchev–Trinajstić information content (AvgIpc) is 2.87. The smallest absolute Gasteiger partial charge is 0.263 e. The minimum absolute atomic E-state index is 0.0972. The van der Waals surface area contributed by atoms with Gasteiger partial charge < -0.3 is 15.6 Å². The number of amides is 1. The first kappa shape index (κ1) is 14.8. The Labute approximate surface area is 121 Å². The maximum absolute atomic E-state index is 12.3. The van der Waals surface area contributed by atoms with Crippen molar-refractivity contribution in [3.05, 3.63) is 39.1 Å². The molecule has 0 fully saturated rings. The Hall–Kier alpha value is -2.64. The number of anilines is 1. The molecule has 4 N–H and O–H groups in total. The summed E-state index contributed by atoms with van der Waals surface area (Å²) in [5.74, 6) is 0.0795. The lowest BCUT2D eigenvalue weighted by Gasteiger charge is -2.13. The highest BCUT2D eigenvalue weighted by Gasteiger charge is 2.18. The molecule has 2 heterocycles. The van der Waals surface area contributed by atoms with Gasteiger partial charge in [0.25, 0.3) is 11.5 Å². The van der Waals surface area contributed by atoms with Gasteiger partial charge in [-0.3, -0.25) is 14.7 Å². The highest BCUT2D eigenvalue weighted by molar-refractivity contribution is 5.94. The molecule has 0 saturated carbocycles. The van der Waals surface area contributed by atoms with Crippen LogP contribution < -0.4 is 16.6 Å². The number of carbonyl (C=O) groups excluding carboxylic acids is 1. The molecule has 2 aromatic rings. The van der Waals surface area contributed by atoms with Crippen LogP contribution in [0.1, 0.15) is 40.4 Å². The number of nitrogen functional groups attached to an aromatic ring is 1. The van der Waals surface area contributed by atoms with Gasteiger partial charge in [-0.15, -0.1) is 5.10 Å². The average molecular weight is 290 g/mol. The molecule has 0 aromatic carbocycles. The molecule has 1 amide bonds. The second-order valence-corrected chi connectivity index (χ2v) is 4.96. The molecule has 21 heavy (non-hydrogen) atoms. The minimum atomic E-state index is -0.457. The molecular formula is C13H18N6O2. The van der Waals surface area contributed by atoms with Gasteiger partial charge in [0.1, 0.15) is 11.4 Å². The molecule has 0 aliphatic heterocycles. The third kappa shape index (κ3) is 2.78. The van der Waals surface area contributed by atoms with E-state index in [2.05, 4.69) is 20.5 Å². The van der Waals surface area contributed by atoms with Crippen molar-refractivity contribution in [3.63, 3.8) is 0 Å². The number of aryl methyl sites for hydroxylation is 1. The number of H-pyrrole nitrogens is 1. The van der Waals surface area contributed by atoms with Gasteiger partial charge in [-0.2, -0.15) is 4.98 Å². The molecule has 2 rings (SSSR count). The van der Waals surface area contributed by atoms with Crippen molar-refractivity contribution >= 4 is 11.9 Å². The van der Waals surface area contributed by atoms with E-state index in [1.54, 1.807) is 20.0 Å². The van der Waals surface area contributed by atoms with E-state index < -0.39 is 11.9 Å². The lowest BCUT2D eigenvalue weighted by Crippen LogP contribution is -2.35. The normalized spacial score (nSPS) is 12.2. The molecule has 0 unspecified atom stereocenters. The van der Waals surface area contributed by atoms with E-state index in [0.717, 1.165) is 11.3 Å². The quantitative estimate of drug-likeness (QED) is 0.745. The van der Waals surface area contributed by atoms with E-state index in [1.165, 1.54) is 4.57 Å². The summed E-state index contributed by atoms with van der Waals surface area (Å²) in [5.41, 5.74) is 6.88. The molecule has 0 aliphatic rings. The summed E-state index contributed by atoms with van der Waals surface area (Å²) in [6.07, 6.45) is 0. The van der Waals surface area contributed by atoms with Gasteiger partial charge in [0.15, 0.2) is 0 Å². The number of nitrogens with zero attached hydrogens (tertiary/aromatic N) is 3. The van der Waals surface area contributed by atoms with Crippen molar-refractivity contribution in [2.24, 2.45) is 7.05 Å². The van der Waals surface area contributed by atoms with Gasteiger partial charge >= 0.3 is 0 Å². The van der Waals surface area contributed by atoms with E-state index in [4.69, 9.17) is 5.73 Å². The first-order chi connectivity index (χ1) is 9.81. The van der Waals surface area contributed by atoms with E-state index in [1.807, 2.05) is 13.8 Å². The van der Waals surface area contributed by atoms with Crippen LogP contribution in [-0.2, 0) is 7.05 Å². The minimum Gasteiger partial charge on any atom is -0.367 e. The second kappa shape index (κ2) is 5.39. The van der Waals surface area contributed by atoms with E-state index in [9.17, 15) is 9.59 Å². The van der Waals surface area contributed by atoms with Crippen molar-refractivity contribution in [3.8, 4) is 0 Å². The zero-order valence-corrected chi connectivity index (χ0v) is 12.4. The fraction of sp³-hybridized carbons (Fsp3) is 0.385. The van der Waals surface area contributed by atoms with Crippen LogP contribution in [0.4, 0.5) is 5.95 Å². The number of nitrogens with two attached hydrogens (primary N) is 1. The number of rotatable bonds is 3. The highest BCUT2D eigenvalue weighted by atomic mass is 16.2. The second-order valence-electron chi connectivity index (χ2n) is 4.96. The summed E-state index contributed by atoms with van der Waals surface area (Å²) in [5, 5.41) is 9.02. The van der Waals surface area contributed by atoms with Gasteiger partial charge in [-0.1, -0.05) is 0 Å². The standard InChI is InChI=1S/C13H18N6O2/c1-6-5-9(12(21)19(4)8(6)3)11(20)15-7(2)10-16-13(14)18-17-10/h5,7H,1-4H3,(H,15,20)(H3,14,16,17,18)/t7-/m0/s1. The predicted molar refractivity (Wildman–Crippen MR) is 77.8 cm³/mol. The van der Waals surface area contributed by atoms with Gasteiger partial charge in [-0.25, -0.2) is 0 Å². The molecule has 8 nitrogen and oxygen atoms in total. The molecule has 0 saturated heterocycles. The maximum Gasteiger partial charge on any atom is 0.263 e. The Morgan fingerprint density at radius 2 is 2.14 bits per heavy atom. The maximum atomic E-state index is 12.3. The van der Waals surface area contributed by atoms with Gasteiger partial charge in [0.05, 0.1) is 6.04 Å². The van der Waals surface area contributed by atoms with E-state index in [0.29, 0.717) is 5.82 Å². The molecule has 0 spiro atoms. The molecule has 2 aromatic heterocycles. The number of pyridine rings is 1. The number of hydrogen-bond donors (Lipinski definition) is 3. The van der Waals surface area contributed by atoms with Crippen molar-refractivity contribution in [2.75, 3.05) is 5.73 Å². The van der Waals surface area contributed by atoms with Gasteiger partial charge in [-0.05, 0) is 32.4 Å². The summed E-state index contributed by atoms with van der Waals surface area (Å²) in [7, 11) is 1.64. The van der Waals surface area contributed by atoms with Crippen LogP contribution >= 0.6 is 0 Å². The van der Waals surface area contributed by atoms with Crippen LogP contribution in [0.2, 0.25) is 0 Å². The zero-order valence-electron chi connectivity index (χ0n) is 12.4. The lowest BCUT2D eigenvalue weighted by atomic mass is 10.1. The monoisotopic (exact) mass is 290 g/mol. The third-order valence-electron chi connectivity index (χ3n) is 3.49. The summed E-state index contributed by atoms with van der Waals surface area (Å²) < 4.78 is 1.46. The first-order valence-corrected chi connectivity index (χ1v) is 6.47. The van der Waals surface area contributed by atoms with Gasteiger partial charge in [0, 0.05) is 12.7 Å². The fourth-order valence-electron chi connectivity index (χ4n) is 1.97. The molecule has 0 radical (unpaired) electrons. The van der Waals surface area contributed by atoms with Crippen molar-refractivity contribution < 1.29 is 4.79 Å². The highest BCUT2D eigenvalue weighted by Crippen LogP contribution is 2.09. The van der Waals surface area contributed by atoms with Crippen LogP contribution in [0.3, 0.4) is 0 Å². The number of aromatic nitrogens is 4. The molecule has 8 heteroatoms. The number of aromatic amines is 1. The topological polar surface area (TPSA) is 119 Å². The van der Waals surface area contributed by atoms with Crippen LogP contribution in [0, 0.1) is 13.8 Å². The molecule has 0 bridgehead atoms. The van der Waals surface area contributed by atoms with Crippen LogP contribution in [0.25, 0.3) is 0 Å². The van der Waals surface area contributed by atoms with Crippen LogP contribution in [0.15, 0.2) is 10.9 Å². The largest absolute Gasteiger partial charge is 0.367 e. The Balaban J connectivity index is 2.27. The first-order valence-electron chi connectivity index (χ1n) is 6.47. The summed E-state index contributed by atoms with van der Waals surface area (Å²) in [4.78, 5) is 28.3. The van der Waals surface area contributed by atoms with Crippen molar-refractivity contribution in [1.82, 2.24) is 25.1 Å².